The van der Waals surface area contributed by atoms with E-state index >= 15 is 0 Å². The minimum absolute atomic E-state index is 0. The van der Waals surface area contributed by atoms with Gasteiger partial charge in [-0.15, -0.1) is 0 Å². The second-order valence-corrected chi connectivity index (χ2v) is 5.72. The van der Waals surface area contributed by atoms with E-state index in [1.54, 1.807) is 5.01 Å². The molecule has 3 aliphatic rings. The van der Waals surface area contributed by atoms with Gasteiger partial charge >= 0.3 is 0 Å². The molecule has 4 heteroatoms. The first-order valence-electron chi connectivity index (χ1n) is 6.98. The molecule has 1 heterocycles. The number of hydrogen-bond acceptors (Lipinski definition) is 3. The molecule has 1 N–H and O–H groups in total. The highest BCUT2D eigenvalue weighted by Crippen LogP contribution is 2.35. The third kappa shape index (κ3) is 3.69. The van der Waals surface area contributed by atoms with Crippen molar-refractivity contribution >= 4 is 5.91 Å². The van der Waals surface area contributed by atoms with E-state index < -0.39 is 0 Å². The van der Waals surface area contributed by atoms with Gasteiger partial charge < -0.3 is 4.74 Å². The highest BCUT2D eigenvalue weighted by molar-refractivity contribution is 5.86. The summed E-state index contributed by atoms with van der Waals surface area (Å²) in [4.78, 5) is 11.7. The Morgan fingerprint density at radius 3 is 2.56 bits per heavy atom. The normalized spacial score (nSPS) is 26.8. The molecular formula is C14H26N2O2. The van der Waals surface area contributed by atoms with Crippen LogP contribution in [0.3, 0.4) is 0 Å². The fourth-order valence-electron chi connectivity index (χ4n) is 2.30. The lowest BCUT2D eigenvalue weighted by molar-refractivity contribution is -0.153. The summed E-state index contributed by atoms with van der Waals surface area (Å²) in [6.07, 6.45) is 7.32. The van der Waals surface area contributed by atoms with Crippen LogP contribution < -0.4 is 5.43 Å². The third-order valence-electron chi connectivity index (χ3n) is 3.86. The van der Waals surface area contributed by atoms with Crippen molar-refractivity contribution in [1.29, 1.82) is 0 Å². The van der Waals surface area contributed by atoms with E-state index in [-0.39, 0.29) is 13.5 Å². The zero-order chi connectivity index (χ0) is 11.7. The third-order valence-corrected chi connectivity index (χ3v) is 3.86. The van der Waals surface area contributed by atoms with Crippen molar-refractivity contribution in [2.45, 2.75) is 52.0 Å². The molecule has 1 atom stereocenters. The predicted octanol–water partition coefficient (Wildman–Crippen LogP) is 1.95. The van der Waals surface area contributed by atoms with Crippen LogP contribution in [-0.2, 0) is 9.53 Å². The molecule has 1 aliphatic heterocycles. The van der Waals surface area contributed by atoms with Gasteiger partial charge in [0.05, 0.1) is 0 Å². The first-order chi connectivity index (χ1) is 8.33. The summed E-state index contributed by atoms with van der Waals surface area (Å²) in [6, 6.07) is 0.120. The summed E-state index contributed by atoms with van der Waals surface area (Å²) < 4.78 is 5.55. The summed E-state index contributed by atoms with van der Waals surface area (Å²) in [7, 11) is 0. The molecule has 104 valence electrons. The number of nitrogens with one attached hydrogen (secondary N) is 1. The number of carbonyl (C=O) groups is 1. The van der Waals surface area contributed by atoms with Crippen molar-refractivity contribution < 1.29 is 9.53 Å². The number of rotatable bonds is 8. The highest BCUT2D eigenvalue weighted by atomic mass is 16.5. The second-order valence-electron chi connectivity index (χ2n) is 5.72. The van der Waals surface area contributed by atoms with Gasteiger partial charge in [-0.2, -0.15) is 0 Å². The van der Waals surface area contributed by atoms with Crippen molar-refractivity contribution in [1.82, 2.24) is 10.4 Å². The van der Waals surface area contributed by atoms with E-state index in [4.69, 9.17) is 4.74 Å². The zero-order valence-electron chi connectivity index (χ0n) is 10.4. The van der Waals surface area contributed by atoms with Crippen LogP contribution in [0.15, 0.2) is 0 Å². The smallest absolute Gasteiger partial charge is 0.255 e. The monoisotopic (exact) mass is 254 g/mol. The summed E-state index contributed by atoms with van der Waals surface area (Å²) in [5, 5.41) is 1.76. The van der Waals surface area contributed by atoms with Gasteiger partial charge in [0.15, 0.2) is 0 Å². The number of nitrogens with zero attached hydrogens (tertiary/aromatic N) is 1. The predicted molar refractivity (Wildman–Crippen MR) is 70.9 cm³/mol. The summed E-state index contributed by atoms with van der Waals surface area (Å²) in [5.74, 6) is 1.95. The molecule has 1 unspecified atom stereocenters. The molecule has 1 saturated heterocycles. The molecule has 0 aromatic carbocycles. The molecule has 3 fully saturated rings. The largest absolute Gasteiger partial charge is 0.381 e. The molecule has 0 radical (unpaired) electrons. The van der Waals surface area contributed by atoms with E-state index in [0.717, 1.165) is 44.4 Å². The lowest BCUT2D eigenvalue weighted by atomic mass is 10.1. The van der Waals surface area contributed by atoms with Crippen molar-refractivity contribution in [3.63, 3.8) is 0 Å². The molecule has 18 heavy (non-hydrogen) atoms. The lowest BCUT2D eigenvalue weighted by Gasteiger charge is -2.39. The number of hydrazine groups is 1. The quantitative estimate of drug-likeness (QED) is 0.673. The Morgan fingerprint density at radius 2 is 1.94 bits per heavy atom. The van der Waals surface area contributed by atoms with Gasteiger partial charge in [-0.25, -0.2) is 5.43 Å². The molecule has 2 aliphatic carbocycles. The molecule has 0 aromatic rings. The van der Waals surface area contributed by atoms with Crippen LogP contribution in [0, 0.1) is 11.8 Å². The van der Waals surface area contributed by atoms with Crippen LogP contribution in [0.2, 0.25) is 0 Å². The van der Waals surface area contributed by atoms with Crippen molar-refractivity contribution in [2.24, 2.45) is 11.8 Å². The number of carbonyl (C=O) groups excluding carboxylic acids is 1. The van der Waals surface area contributed by atoms with Gasteiger partial charge in [0.2, 0.25) is 0 Å². The SMILES string of the molecule is C.O=C1C(CC2CC2)NN1CCCOCC1CC1. The first-order valence-corrected chi connectivity index (χ1v) is 6.98. The molecule has 0 aromatic heterocycles. The fraction of sp³-hybridized carbons (Fsp3) is 0.929. The maximum atomic E-state index is 11.7. The number of amides is 1. The molecule has 3 rings (SSSR count). The van der Waals surface area contributed by atoms with E-state index in [2.05, 4.69) is 5.43 Å². The van der Waals surface area contributed by atoms with Crippen molar-refractivity contribution in [2.75, 3.05) is 19.8 Å². The molecular weight excluding hydrogens is 228 g/mol. The number of ether oxygens (including phenoxy) is 1. The Bertz CT molecular complexity index is 288. The van der Waals surface area contributed by atoms with Crippen LogP contribution in [0.25, 0.3) is 0 Å². The Morgan fingerprint density at radius 1 is 1.22 bits per heavy atom. The lowest BCUT2D eigenvalue weighted by Crippen LogP contribution is -2.66. The maximum Gasteiger partial charge on any atom is 0.255 e. The van der Waals surface area contributed by atoms with Crippen molar-refractivity contribution in [3.05, 3.63) is 0 Å². The minimum Gasteiger partial charge on any atom is -0.381 e. The fourth-order valence-corrected chi connectivity index (χ4v) is 2.30. The summed E-state index contributed by atoms with van der Waals surface area (Å²) in [5.41, 5.74) is 3.24. The standard InChI is InChI=1S/C13H22N2O2.CH4/c16-13-12(8-10-2-3-10)14-15(13)6-1-7-17-9-11-4-5-11;/h10-12,14H,1-9H2;1H4. The zero-order valence-corrected chi connectivity index (χ0v) is 10.4. The molecule has 4 nitrogen and oxygen atoms in total. The maximum absolute atomic E-state index is 11.7. The Kier molecular flexibility index (Phi) is 4.62. The van der Waals surface area contributed by atoms with Crippen LogP contribution in [0.4, 0.5) is 0 Å². The number of hydrogen-bond donors (Lipinski definition) is 1. The van der Waals surface area contributed by atoms with Crippen LogP contribution in [0.1, 0.15) is 46.0 Å². The van der Waals surface area contributed by atoms with Gasteiger partial charge in [0, 0.05) is 19.8 Å². The first kappa shape index (κ1) is 13.8. The van der Waals surface area contributed by atoms with Crippen molar-refractivity contribution in [3.8, 4) is 0 Å². The van der Waals surface area contributed by atoms with Crippen LogP contribution in [0.5, 0.6) is 0 Å². The van der Waals surface area contributed by atoms with E-state index in [9.17, 15) is 4.79 Å². The minimum atomic E-state index is 0. The summed E-state index contributed by atoms with van der Waals surface area (Å²) >= 11 is 0. The Hall–Kier alpha value is -0.610. The van der Waals surface area contributed by atoms with Gasteiger partial charge in [-0.1, -0.05) is 20.3 Å². The highest BCUT2D eigenvalue weighted by Gasteiger charge is 2.39. The van der Waals surface area contributed by atoms with E-state index in [0.29, 0.717) is 5.91 Å². The second kappa shape index (κ2) is 6.02. The average molecular weight is 254 g/mol. The average Bonchev–Trinajstić information content (AvgIpc) is 3.19. The topological polar surface area (TPSA) is 41.6 Å². The van der Waals surface area contributed by atoms with E-state index in [1.807, 2.05) is 0 Å². The van der Waals surface area contributed by atoms with Crippen LogP contribution in [-0.4, -0.2) is 36.7 Å². The van der Waals surface area contributed by atoms with E-state index in [1.165, 1.54) is 25.7 Å². The van der Waals surface area contributed by atoms with Crippen LogP contribution >= 0.6 is 0 Å². The summed E-state index contributed by atoms with van der Waals surface area (Å²) in [6.45, 7) is 2.51. The Balaban J connectivity index is 0.00000120. The van der Waals surface area contributed by atoms with Gasteiger partial charge in [-0.05, 0) is 37.5 Å². The van der Waals surface area contributed by atoms with Gasteiger partial charge in [0.1, 0.15) is 6.04 Å². The van der Waals surface area contributed by atoms with Gasteiger partial charge in [0.25, 0.3) is 5.91 Å². The molecule has 2 saturated carbocycles. The Labute approximate surface area is 110 Å². The molecule has 0 spiro atoms. The molecule has 1 amide bonds. The van der Waals surface area contributed by atoms with Gasteiger partial charge in [-0.3, -0.25) is 9.80 Å². The molecule has 0 bridgehead atoms.